The molecule has 0 bridgehead atoms. The van der Waals surface area contributed by atoms with E-state index in [0.29, 0.717) is 0 Å². The molecule has 1 nitrogen and oxygen atoms in total. The highest BCUT2D eigenvalue weighted by Crippen LogP contribution is 2.38. The van der Waals surface area contributed by atoms with E-state index in [0.717, 1.165) is 21.4 Å². The molecular weight excluding hydrogens is 358 g/mol. The highest BCUT2D eigenvalue weighted by molar-refractivity contribution is 9.10. The van der Waals surface area contributed by atoms with Gasteiger partial charge < -0.3 is 0 Å². The van der Waals surface area contributed by atoms with Crippen molar-refractivity contribution >= 4 is 26.7 Å². The van der Waals surface area contributed by atoms with E-state index in [-0.39, 0.29) is 0 Å². The number of rotatable bonds is 2. The van der Waals surface area contributed by atoms with Crippen molar-refractivity contribution in [3.05, 3.63) is 89.0 Å². The molecule has 3 aromatic carbocycles. The number of halogens is 1. The highest BCUT2D eigenvalue weighted by atomic mass is 79.9. The number of nitrogens with zero attached hydrogens (tertiary/aromatic N) is 1. The Balaban J connectivity index is 2.16. The van der Waals surface area contributed by atoms with E-state index < -0.39 is 0 Å². The van der Waals surface area contributed by atoms with Crippen molar-refractivity contribution in [2.45, 2.75) is 6.92 Å². The average molecular weight is 374 g/mol. The van der Waals surface area contributed by atoms with Crippen LogP contribution in [-0.4, -0.2) is 4.98 Å². The van der Waals surface area contributed by atoms with Crippen LogP contribution < -0.4 is 0 Å². The maximum absolute atomic E-state index is 4.96. The van der Waals surface area contributed by atoms with E-state index in [2.05, 4.69) is 89.6 Å². The molecule has 0 fully saturated rings. The largest absolute Gasteiger partial charge is 0.252 e. The van der Waals surface area contributed by atoms with Gasteiger partial charge in [-0.1, -0.05) is 82.7 Å². The smallest absolute Gasteiger partial charge is 0.0789 e. The third kappa shape index (κ3) is 2.63. The molecule has 4 aromatic rings. The molecule has 0 radical (unpaired) electrons. The van der Waals surface area contributed by atoms with Gasteiger partial charge in [-0.2, -0.15) is 0 Å². The van der Waals surface area contributed by atoms with Crippen molar-refractivity contribution in [3.8, 4) is 22.4 Å². The van der Waals surface area contributed by atoms with E-state index in [1.54, 1.807) is 0 Å². The molecule has 116 valence electrons. The maximum Gasteiger partial charge on any atom is 0.0789 e. The van der Waals surface area contributed by atoms with Crippen LogP contribution in [0.25, 0.3) is 33.2 Å². The van der Waals surface area contributed by atoms with Crippen LogP contribution in [0.4, 0.5) is 0 Å². The molecule has 0 saturated carbocycles. The lowest BCUT2D eigenvalue weighted by Gasteiger charge is -2.15. The molecule has 0 spiro atoms. The summed E-state index contributed by atoms with van der Waals surface area (Å²) in [7, 11) is 0. The summed E-state index contributed by atoms with van der Waals surface area (Å²) in [5, 5.41) is 2.42. The van der Waals surface area contributed by atoms with Gasteiger partial charge in [0.25, 0.3) is 0 Å². The van der Waals surface area contributed by atoms with Crippen LogP contribution in [0.1, 0.15) is 5.69 Å². The molecule has 0 N–H and O–H groups in total. The summed E-state index contributed by atoms with van der Waals surface area (Å²) in [5.41, 5.74) is 5.60. The number of aromatic nitrogens is 1. The number of hydrogen-bond acceptors (Lipinski definition) is 1. The Morgan fingerprint density at radius 1 is 0.708 bits per heavy atom. The van der Waals surface area contributed by atoms with Crippen molar-refractivity contribution in [2.75, 3.05) is 0 Å². The van der Waals surface area contributed by atoms with E-state index >= 15 is 0 Å². The molecule has 0 aliphatic rings. The second kappa shape index (κ2) is 6.21. The summed E-state index contributed by atoms with van der Waals surface area (Å²) < 4.78 is 1.08. The van der Waals surface area contributed by atoms with E-state index in [9.17, 15) is 0 Å². The Morgan fingerprint density at radius 2 is 1.33 bits per heavy atom. The summed E-state index contributed by atoms with van der Waals surface area (Å²) in [4.78, 5) is 4.96. The zero-order valence-electron chi connectivity index (χ0n) is 13.3. The minimum absolute atomic E-state index is 1.03. The lowest BCUT2D eigenvalue weighted by atomic mass is 9.93. The molecule has 0 atom stereocenters. The zero-order chi connectivity index (χ0) is 16.5. The SMILES string of the molecule is Cc1nc(-c2ccccc2)c(-c2ccccc2)c2cc(Br)ccc12. The second-order valence-electron chi connectivity index (χ2n) is 5.84. The van der Waals surface area contributed by atoms with Gasteiger partial charge >= 0.3 is 0 Å². The summed E-state index contributed by atoms with van der Waals surface area (Å²) in [6, 6.07) is 27.3. The third-order valence-electron chi connectivity index (χ3n) is 4.27. The first-order chi connectivity index (χ1) is 11.7. The van der Waals surface area contributed by atoms with Gasteiger partial charge in [-0.25, -0.2) is 0 Å². The molecule has 0 saturated heterocycles. The van der Waals surface area contributed by atoms with Gasteiger partial charge in [-0.05, 0) is 30.0 Å². The first-order valence-corrected chi connectivity index (χ1v) is 8.74. The predicted octanol–water partition coefficient (Wildman–Crippen LogP) is 6.64. The quantitative estimate of drug-likeness (QED) is 0.383. The molecule has 1 heterocycles. The lowest BCUT2D eigenvalue weighted by Crippen LogP contribution is -1.95. The van der Waals surface area contributed by atoms with Gasteiger partial charge in [0.15, 0.2) is 0 Å². The van der Waals surface area contributed by atoms with Crippen LogP contribution in [0, 0.1) is 6.92 Å². The van der Waals surface area contributed by atoms with E-state index in [4.69, 9.17) is 4.98 Å². The van der Waals surface area contributed by atoms with Gasteiger partial charge in [0, 0.05) is 26.7 Å². The van der Waals surface area contributed by atoms with Gasteiger partial charge in [0.2, 0.25) is 0 Å². The summed E-state index contributed by atoms with van der Waals surface area (Å²) in [5.74, 6) is 0. The van der Waals surface area contributed by atoms with E-state index in [1.165, 1.54) is 21.9 Å². The summed E-state index contributed by atoms with van der Waals surface area (Å²) >= 11 is 3.62. The third-order valence-corrected chi connectivity index (χ3v) is 4.76. The lowest BCUT2D eigenvalue weighted by molar-refractivity contribution is 1.24. The molecule has 0 amide bonds. The average Bonchev–Trinajstić information content (AvgIpc) is 2.63. The highest BCUT2D eigenvalue weighted by Gasteiger charge is 2.15. The van der Waals surface area contributed by atoms with Crippen molar-refractivity contribution in [1.82, 2.24) is 4.98 Å². The zero-order valence-corrected chi connectivity index (χ0v) is 14.9. The van der Waals surface area contributed by atoms with E-state index in [1.807, 2.05) is 12.1 Å². The fourth-order valence-corrected chi connectivity index (χ4v) is 3.51. The number of aryl methyl sites for hydroxylation is 1. The van der Waals surface area contributed by atoms with Crippen molar-refractivity contribution in [1.29, 1.82) is 0 Å². The topological polar surface area (TPSA) is 12.9 Å². The first-order valence-electron chi connectivity index (χ1n) is 7.95. The molecule has 0 aliphatic heterocycles. The Labute approximate surface area is 150 Å². The molecule has 1 aromatic heterocycles. The van der Waals surface area contributed by atoms with Gasteiger partial charge in [0.05, 0.1) is 5.69 Å². The van der Waals surface area contributed by atoms with Gasteiger partial charge in [0.1, 0.15) is 0 Å². The van der Waals surface area contributed by atoms with Gasteiger partial charge in [-0.15, -0.1) is 0 Å². The minimum atomic E-state index is 1.03. The van der Waals surface area contributed by atoms with Crippen LogP contribution in [0.15, 0.2) is 83.3 Å². The molecule has 0 unspecified atom stereocenters. The summed E-state index contributed by atoms with van der Waals surface area (Å²) in [6.45, 7) is 2.08. The Morgan fingerprint density at radius 3 is 2.00 bits per heavy atom. The van der Waals surface area contributed by atoms with Crippen molar-refractivity contribution < 1.29 is 0 Å². The van der Waals surface area contributed by atoms with Crippen molar-refractivity contribution in [3.63, 3.8) is 0 Å². The molecule has 2 heteroatoms. The van der Waals surface area contributed by atoms with Gasteiger partial charge in [-0.3, -0.25) is 4.98 Å². The van der Waals surface area contributed by atoms with Crippen LogP contribution >= 0.6 is 15.9 Å². The number of fused-ring (bicyclic) bond motifs is 1. The predicted molar refractivity (Wildman–Crippen MR) is 105 cm³/mol. The Kier molecular flexibility index (Phi) is 3.91. The monoisotopic (exact) mass is 373 g/mol. The normalized spacial score (nSPS) is 10.9. The minimum Gasteiger partial charge on any atom is -0.252 e. The van der Waals surface area contributed by atoms with Crippen molar-refractivity contribution in [2.24, 2.45) is 0 Å². The fourth-order valence-electron chi connectivity index (χ4n) is 3.15. The van der Waals surface area contributed by atoms with Crippen LogP contribution in [0.2, 0.25) is 0 Å². The number of pyridine rings is 1. The molecule has 4 rings (SSSR count). The standard InChI is InChI=1S/C22H16BrN/c1-15-19-13-12-18(23)14-20(19)21(16-8-4-2-5-9-16)22(24-15)17-10-6-3-7-11-17/h2-14H,1H3. The molecule has 24 heavy (non-hydrogen) atoms. The summed E-state index contributed by atoms with van der Waals surface area (Å²) in [6.07, 6.45) is 0. The number of hydrogen-bond donors (Lipinski definition) is 0. The fraction of sp³-hybridized carbons (Fsp3) is 0.0455. The van der Waals surface area contributed by atoms with Crippen LogP contribution in [0.5, 0.6) is 0 Å². The number of benzene rings is 3. The van der Waals surface area contributed by atoms with Crippen LogP contribution in [-0.2, 0) is 0 Å². The second-order valence-corrected chi connectivity index (χ2v) is 6.76. The Hall–Kier alpha value is -2.45. The maximum atomic E-state index is 4.96. The Bertz CT molecular complexity index is 1010. The first kappa shape index (κ1) is 15.1. The molecule has 0 aliphatic carbocycles. The molecular formula is C22H16BrN. The van der Waals surface area contributed by atoms with Crippen LogP contribution in [0.3, 0.4) is 0 Å².